The highest BCUT2D eigenvalue weighted by atomic mass is 16.5. The second kappa shape index (κ2) is 8.80. The maximum atomic E-state index is 11.5. The lowest BCUT2D eigenvalue weighted by Gasteiger charge is -2.16. The van der Waals surface area contributed by atoms with Gasteiger partial charge in [-0.15, -0.1) is 0 Å². The molecule has 0 fully saturated rings. The SMILES string of the molecule is C/C=C/C=C/C(=O)NC[C@@H](C)Oc1ccccc1OC. The van der Waals surface area contributed by atoms with Gasteiger partial charge in [-0.1, -0.05) is 30.4 Å². The summed E-state index contributed by atoms with van der Waals surface area (Å²) in [5.41, 5.74) is 0. The van der Waals surface area contributed by atoms with Gasteiger partial charge in [-0.25, -0.2) is 0 Å². The van der Waals surface area contributed by atoms with Gasteiger partial charge in [-0.2, -0.15) is 0 Å². The Hall–Kier alpha value is -2.23. The Balaban J connectivity index is 2.44. The predicted molar refractivity (Wildman–Crippen MR) is 80.0 cm³/mol. The molecule has 1 N–H and O–H groups in total. The van der Waals surface area contributed by atoms with Crippen molar-refractivity contribution in [3.05, 3.63) is 48.6 Å². The number of nitrogens with one attached hydrogen (secondary N) is 1. The highest BCUT2D eigenvalue weighted by Crippen LogP contribution is 2.26. The molecule has 4 nitrogen and oxygen atoms in total. The molecule has 0 saturated carbocycles. The Morgan fingerprint density at radius 3 is 2.65 bits per heavy atom. The second-order valence-electron chi connectivity index (χ2n) is 4.21. The van der Waals surface area contributed by atoms with E-state index in [0.29, 0.717) is 18.0 Å². The van der Waals surface area contributed by atoms with E-state index in [1.165, 1.54) is 6.08 Å². The molecule has 0 aliphatic rings. The third kappa shape index (κ3) is 5.61. The standard InChI is InChI=1S/C16H21NO3/c1-4-5-6-11-16(18)17-12-13(2)20-15-10-8-7-9-14(15)19-3/h4-11,13H,12H2,1-3H3,(H,17,18)/b5-4+,11-6+/t13-/m1/s1. The summed E-state index contributed by atoms with van der Waals surface area (Å²) in [4.78, 5) is 11.5. The minimum Gasteiger partial charge on any atom is -0.493 e. The van der Waals surface area contributed by atoms with E-state index in [4.69, 9.17) is 9.47 Å². The molecule has 0 saturated heterocycles. The summed E-state index contributed by atoms with van der Waals surface area (Å²) in [5, 5.41) is 2.77. The number of amides is 1. The van der Waals surface area contributed by atoms with Crippen LogP contribution in [0, 0.1) is 0 Å². The van der Waals surface area contributed by atoms with Crippen molar-refractivity contribution in [3.63, 3.8) is 0 Å². The number of hydrogen-bond donors (Lipinski definition) is 1. The highest BCUT2D eigenvalue weighted by Gasteiger charge is 2.08. The van der Waals surface area contributed by atoms with Gasteiger partial charge in [0.25, 0.3) is 0 Å². The van der Waals surface area contributed by atoms with Crippen LogP contribution < -0.4 is 14.8 Å². The molecule has 0 unspecified atom stereocenters. The predicted octanol–water partition coefficient (Wildman–Crippen LogP) is 2.71. The van der Waals surface area contributed by atoms with Crippen molar-refractivity contribution in [3.8, 4) is 11.5 Å². The molecule has 0 aliphatic carbocycles. The van der Waals surface area contributed by atoms with E-state index in [-0.39, 0.29) is 12.0 Å². The van der Waals surface area contributed by atoms with E-state index in [0.717, 1.165) is 0 Å². The molecule has 4 heteroatoms. The van der Waals surface area contributed by atoms with Gasteiger partial charge in [-0.3, -0.25) is 4.79 Å². The van der Waals surface area contributed by atoms with Crippen LogP contribution in [-0.4, -0.2) is 25.7 Å². The number of para-hydroxylation sites is 2. The monoisotopic (exact) mass is 275 g/mol. The lowest BCUT2D eigenvalue weighted by Crippen LogP contribution is -2.32. The number of ether oxygens (including phenoxy) is 2. The molecule has 1 amide bonds. The molecule has 1 aromatic carbocycles. The lowest BCUT2D eigenvalue weighted by molar-refractivity contribution is -0.116. The van der Waals surface area contributed by atoms with Gasteiger partial charge in [0.15, 0.2) is 11.5 Å². The first-order chi connectivity index (χ1) is 9.67. The fraction of sp³-hybridized carbons (Fsp3) is 0.312. The van der Waals surface area contributed by atoms with E-state index >= 15 is 0 Å². The fourth-order valence-corrected chi connectivity index (χ4v) is 1.53. The molecule has 0 spiro atoms. The van der Waals surface area contributed by atoms with E-state index in [2.05, 4.69) is 5.32 Å². The van der Waals surface area contributed by atoms with Crippen molar-refractivity contribution < 1.29 is 14.3 Å². The van der Waals surface area contributed by atoms with Gasteiger partial charge in [-0.05, 0) is 26.0 Å². The van der Waals surface area contributed by atoms with Crippen LogP contribution in [-0.2, 0) is 4.79 Å². The van der Waals surface area contributed by atoms with Crippen LogP contribution in [0.2, 0.25) is 0 Å². The Morgan fingerprint density at radius 1 is 1.30 bits per heavy atom. The molecule has 1 atom stereocenters. The second-order valence-corrected chi connectivity index (χ2v) is 4.21. The fourth-order valence-electron chi connectivity index (χ4n) is 1.53. The van der Waals surface area contributed by atoms with E-state index in [1.54, 1.807) is 19.3 Å². The molecule has 0 radical (unpaired) electrons. The quantitative estimate of drug-likeness (QED) is 0.615. The molecular weight excluding hydrogens is 254 g/mol. The van der Waals surface area contributed by atoms with Crippen molar-refractivity contribution in [1.82, 2.24) is 5.32 Å². The van der Waals surface area contributed by atoms with Crippen LogP contribution in [0.4, 0.5) is 0 Å². The zero-order valence-corrected chi connectivity index (χ0v) is 12.1. The van der Waals surface area contributed by atoms with E-state index in [1.807, 2.05) is 44.2 Å². The maximum absolute atomic E-state index is 11.5. The first-order valence-corrected chi connectivity index (χ1v) is 6.54. The van der Waals surface area contributed by atoms with Crippen LogP contribution in [0.25, 0.3) is 0 Å². The summed E-state index contributed by atoms with van der Waals surface area (Å²) in [5.74, 6) is 1.21. The summed E-state index contributed by atoms with van der Waals surface area (Å²) in [7, 11) is 1.60. The Bertz CT molecular complexity index is 480. The summed E-state index contributed by atoms with van der Waals surface area (Å²) < 4.78 is 10.9. The molecule has 0 bridgehead atoms. The van der Waals surface area contributed by atoms with Crippen LogP contribution in [0.5, 0.6) is 11.5 Å². The van der Waals surface area contributed by atoms with Gasteiger partial charge < -0.3 is 14.8 Å². The minimum absolute atomic E-state index is 0.140. The van der Waals surface area contributed by atoms with Crippen molar-refractivity contribution in [2.45, 2.75) is 20.0 Å². The van der Waals surface area contributed by atoms with Gasteiger partial charge in [0, 0.05) is 6.08 Å². The number of carbonyl (C=O) groups is 1. The van der Waals surface area contributed by atoms with Gasteiger partial charge in [0.2, 0.25) is 5.91 Å². The number of methoxy groups -OCH3 is 1. The smallest absolute Gasteiger partial charge is 0.244 e. The number of benzene rings is 1. The zero-order chi connectivity index (χ0) is 14.8. The summed E-state index contributed by atoms with van der Waals surface area (Å²) in [6.07, 6.45) is 6.69. The Morgan fingerprint density at radius 2 is 2.00 bits per heavy atom. The first-order valence-electron chi connectivity index (χ1n) is 6.54. The normalized spacial score (nSPS) is 12.6. The van der Waals surface area contributed by atoms with Crippen molar-refractivity contribution >= 4 is 5.91 Å². The molecule has 1 rings (SSSR count). The van der Waals surface area contributed by atoms with Crippen molar-refractivity contribution in [2.75, 3.05) is 13.7 Å². The van der Waals surface area contributed by atoms with Gasteiger partial charge in [0.05, 0.1) is 13.7 Å². The summed E-state index contributed by atoms with van der Waals surface area (Å²) in [6.45, 7) is 4.21. The molecule has 0 aliphatic heterocycles. The molecule has 108 valence electrons. The largest absolute Gasteiger partial charge is 0.493 e. The lowest BCUT2D eigenvalue weighted by atomic mass is 10.3. The first kappa shape index (κ1) is 15.8. The number of allylic oxidation sites excluding steroid dienone is 3. The van der Waals surface area contributed by atoms with Crippen molar-refractivity contribution in [1.29, 1.82) is 0 Å². The Labute approximate surface area is 120 Å². The minimum atomic E-state index is -0.148. The van der Waals surface area contributed by atoms with Crippen LogP contribution >= 0.6 is 0 Å². The van der Waals surface area contributed by atoms with Crippen LogP contribution in [0.15, 0.2) is 48.6 Å². The number of hydrogen-bond acceptors (Lipinski definition) is 3. The molecule has 1 aromatic rings. The summed E-state index contributed by atoms with van der Waals surface area (Å²) in [6, 6.07) is 7.43. The van der Waals surface area contributed by atoms with Crippen molar-refractivity contribution in [2.24, 2.45) is 0 Å². The third-order valence-corrected chi connectivity index (χ3v) is 2.51. The Kier molecular flexibility index (Phi) is 6.96. The van der Waals surface area contributed by atoms with Crippen LogP contribution in [0.3, 0.4) is 0 Å². The molecule has 20 heavy (non-hydrogen) atoms. The number of carbonyl (C=O) groups excluding carboxylic acids is 1. The average molecular weight is 275 g/mol. The number of rotatable bonds is 7. The average Bonchev–Trinajstić information content (AvgIpc) is 2.46. The van der Waals surface area contributed by atoms with E-state index in [9.17, 15) is 4.79 Å². The van der Waals surface area contributed by atoms with Gasteiger partial charge in [0.1, 0.15) is 6.10 Å². The highest BCUT2D eigenvalue weighted by molar-refractivity contribution is 5.87. The van der Waals surface area contributed by atoms with E-state index < -0.39 is 0 Å². The zero-order valence-electron chi connectivity index (χ0n) is 12.1. The molecule has 0 heterocycles. The summed E-state index contributed by atoms with van der Waals surface area (Å²) >= 11 is 0. The molecular formula is C16H21NO3. The topological polar surface area (TPSA) is 47.6 Å². The molecule has 0 aromatic heterocycles. The maximum Gasteiger partial charge on any atom is 0.244 e. The third-order valence-electron chi connectivity index (χ3n) is 2.51. The van der Waals surface area contributed by atoms with Crippen LogP contribution in [0.1, 0.15) is 13.8 Å². The van der Waals surface area contributed by atoms with Gasteiger partial charge >= 0.3 is 0 Å².